The maximum Gasteiger partial charge on any atom is 0.299 e. The molecule has 0 unspecified atom stereocenters. The summed E-state index contributed by atoms with van der Waals surface area (Å²) in [5.74, 6) is 1.15. The second-order valence-electron chi connectivity index (χ2n) is 7.23. The van der Waals surface area contributed by atoms with Crippen molar-refractivity contribution in [2.24, 2.45) is 0 Å². The summed E-state index contributed by atoms with van der Waals surface area (Å²) in [6.45, 7) is 0.220. The summed E-state index contributed by atoms with van der Waals surface area (Å²) < 4.78 is 24.0. The number of ether oxygens (including phenoxy) is 3. The maximum absolute atomic E-state index is 12.8. The number of allylic oxidation sites excluding steroid dienone is 1. The van der Waals surface area contributed by atoms with E-state index in [9.17, 15) is 4.79 Å². The van der Waals surface area contributed by atoms with Gasteiger partial charge in [0.25, 0.3) is 5.79 Å². The summed E-state index contributed by atoms with van der Waals surface area (Å²) in [6, 6.07) is 20.8. The molecule has 1 aliphatic heterocycles. The quantitative estimate of drug-likeness (QED) is 0.465. The van der Waals surface area contributed by atoms with E-state index in [1.54, 1.807) is 24.5 Å². The third-order valence-corrected chi connectivity index (χ3v) is 5.40. The first-order valence-electron chi connectivity index (χ1n) is 9.65. The molecule has 1 aliphatic carbocycles. The monoisotopic (exact) mass is 396 g/mol. The Bertz CT molecular complexity index is 1280. The lowest BCUT2D eigenvalue weighted by Gasteiger charge is -2.39. The zero-order valence-corrected chi connectivity index (χ0v) is 15.8. The van der Waals surface area contributed by atoms with Crippen LogP contribution in [0.25, 0.3) is 10.8 Å². The van der Waals surface area contributed by atoms with Crippen molar-refractivity contribution in [2.75, 3.05) is 0 Å². The molecule has 5 heteroatoms. The highest BCUT2D eigenvalue weighted by Gasteiger charge is 2.45. The van der Waals surface area contributed by atoms with Gasteiger partial charge in [0.1, 0.15) is 29.6 Å². The normalized spacial score (nSPS) is 15.5. The van der Waals surface area contributed by atoms with Crippen molar-refractivity contribution in [3.63, 3.8) is 0 Å². The molecule has 146 valence electrons. The molecule has 4 aromatic rings. The first-order chi connectivity index (χ1) is 14.7. The number of hydrogen-bond donors (Lipinski definition) is 0. The molecule has 0 saturated carbocycles. The average Bonchev–Trinajstić information content (AvgIpc) is 3.29. The van der Waals surface area contributed by atoms with Crippen LogP contribution >= 0.6 is 0 Å². The molecule has 0 fully saturated rings. The molecule has 2 aliphatic rings. The van der Waals surface area contributed by atoms with Crippen LogP contribution in [-0.4, -0.2) is 5.78 Å². The maximum atomic E-state index is 12.8. The zero-order valence-electron chi connectivity index (χ0n) is 15.8. The minimum atomic E-state index is -1.24. The van der Waals surface area contributed by atoms with Gasteiger partial charge in [0.2, 0.25) is 0 Å². The van der Waals surface area contributed by atoms with Crippen molar-refractivity contribution in [1.29, 1.82) is 0 Å². The highest BCUT2D eigenvalue weighted by molar-refractivity contribution is 6.09. The number of fused-ring (bicyclic) bond motifs is 2. The van der Waals surface area contributed by atoms with Crippen LogP contribution < -0.4 is 14.2 Å². The number of rotatable bonds is 3. The summed E-state index contributed by atoms with van der Waals surface area (Å²) in [5.41, 5.74) is 1.04. The number of furan rings is 1. The van der Waals surface area contributed by atoms with Gasteiger partial charge in [0.05, 0.1) is 22.8 Å². The molecule has 6 rings (SSSR count). The minimum Gasteiger partial charge on any atom is -0.485 e. The Morgan fingerprint density at radius 2 is 1.63 bits per heavy atom. The Morgan fingerprint density at radius 1 is 0.867 bits per heavy atom. The molecule has 3 aromatic carbocycles. The van der Waals surface area contributed by atoms with Gasteiger partial charge in [-0.3, -0.25) is 4.79 Å². The first kappa shape index (κ1) is 16.9. The Balaban J connectivity index is 1.46. The molecular formula is C25H16O5. The van der Waals surface area contributed by atoms with E-state index in [0.29, 0.717) is 34.1 Å². The van der Waals surface area contributed by atoms with Crippen LogP contribution in [0.3, 0.4) is 0 Å². The highest BCUT2D eigenvalue weighted by Crippen LogP contribution is 2.48. The van der Waals surface area contributed by atoms with Gasteiger partial charge in [0.15, 0.2) is 5.78 Å². The van der Waals surface area contributed by atoms with E-state index in [2.05, 4.69) is 0 Å². The standard InChI is InChI=1S/C25H16O5/c26-19-12-13-25(29-21-10-1-5-16-6-2-11-22(30-25)23(16)21)18-8-3-9-20(24(18)19)28-15-17-7-4-14-27-17/h1-14H,15H2. The van der Waals surface area contributed by atoms with Gasteiger partial charge in [-0.1, -0.05) is 30.3 Å². The summed E-state index contributed by atoms with van der Waals surface area (Å²) >= 11 is 0. The van der Waals surface area contributed by atoms with Crippen molar-refractivity contribution >= 4 is 16.6 Å². The number of hydrogen-bond acceptors (Lipinski definition) is 5. The van der Waals surface area contributed by atoms with E-state index >= 15 is 0 Å². The van der Waals surface area contributed by atoms with Gasteiger partial charge >= 0.3 is 0 Å². The molecular weight excluding hydrogens is 380 g/mol. The van der Waals surface area contributed by atoms with E-state index in [1.807, 2.05) is 54.6 Å². The molecule has 1 spiro atoms. The van der Waals surface area contributed by atoms with Crippen molar-refractivity contribution in [1.82, 2.24) is 0 Å². The van der Waals surface area contributed by atoms with Crippen LogP contribution in [0.5, 0.6) is 17.2 Å². The Morgan fingerprint density at radius 3 is 2.37 bits per heavy atom. The van der Waals surface area contributed by atoms with Gasteiger partial charge in [-0.2, -0.15) is 0 Å². The summed E-state index contributed by atoms with van der Waals surface area (Å²) in [6.07, 6.45) is 4.74. The topological polar surface area (TPSA) is 57.9 Å². The third kappa shape index (κ3) is 2.45. The van der Waals surface area contributed by atoms with Gasteiger partial charge in [-0.15, -0.1) is 0 Å². The van der Waals surface area contributed by atoms with E-state index in [1.165, 1.54) is 6.08 Å². The fourth-order valence-electron chi connectivity index (χ4n) is 4.07. The van der Waals surface area contributed by atoms with E-state index in [4.69, 9.17) is 18.6 Å². The van der Waals surface area contributed by atoms with E-state index in [0.717, 1.165) is 10.8 Å². The van der Waals surface area contributed by atoms with Crippen LogP contribution in [0, 0.1) is 0 Å². The summed E-state index contributed by atoms with van der Waals surface area (Å²) in [7, 11) is 0. The van der Waals surface area contributed by atoms with Crippen molar-refractivity contribution in [3.8, 4) is 17.2 Å². The van der Waals surface area contributed by atoms with Crippen LogP contribution in [0.4, 0.5) is 0 Å². The fraction of sp³-hybridized carbons (Fsp3) is 0.0800. The molecule has 0 radical (unpaired) electrons. The highest BCUT2D eigenvalue weighted by atomic mass is 16.7. The number of carbonyl (C=O) groups is 1. The molecule has 1 aromatic heterocycles. The molecule has 30 heavy (non-hydrogen) atoms. The predicted molar refractivity (Wildman–Crippen MR) is 110 cm³/mol. The first-order valence-corrected chi connectivity index (χ1v) is 9.65. The lowest BCUT2D eigenvalue weighted by atomic mass is 9.89. The largest absolute Gasteiger partial charge is 0.485 e. The zero-order chi connectivity index (χ0) is 20.1. The van der Waals surface area contributed by atoms with Crippen LogP contribution in [0.2, 0.25) is 0 Å². The van der Waals surface area contributed by atoms with E-state index in [-0.39, 0.29) is 12.4 Å². The lowest BCUT2D eigenvalue weighted by Crippen LogP contribution is -2.42. The van der Waals surface area contributed by atoms with Crippen molar-refractivity contribution in [2.45, 2.75) is 12.4 Å². The van der Waals surface area contributed by atoms with Gasteiger partial charge in [-0.25, -0.2) is 0 Å². The van der Waals surface area contributed by atoms with Crippen molar-refractivity contribution < 1.29 is 23.4 Å². The van der Waals surface area contributed by atoms with Crippen molar-refractivity contribution in [3.05, 3.63) is 102 Å². The molecule has 0 bridgehead atoms. The second kappa shape index (κ2) is 6.26. The molecule has 0 amide bonds. The SMILES string of the molecule is O=C1C=CC2(Oc3cccc4cccc(c34)O2)c2cccc(OCc3ccco3)c21. The summed E-state index contributed by atoms with van der Waals surface area (Å²) in [4.78, 5) is 12.8. The second-order valence-corrected chi connectivity index (χ2v) is 7.23. The molecule has 0 atom stereocenters. The Labute approximate surface area is 172 Å². The van der Waals surface area contributed by atoms with Crippen LogP contribution in [-0.2, 0) is 12.4 Å². The number of ketones is 1. The Kier molecular flexibility index (Phi) is 3.53. The smallest absolute Gasteiger partial charge is 0.299 e. The van der Waals surface area contributed by atoms with Crippen LogP contribution in [0.1, 0.15) is 21.7 Å². The minimum absolute atomic E-state index is 0.157. The molecule has 5 nitrogen and oxygen atoms in total. The van der Waals surface area contributed by atoms with Crippen LogP contribution in [0.15, 0.2) is 89.6 Å². The Hall–Kier alpha value is -3.99. The van der Waals surface area contributed by atoms with Gasteiger partial charge in [-0.05, 0) is 47.9 Å². The molecule has 0 N–H and O–H groups in total. The van der Waals surface area contributed by atoms with Gasteiger partial charge < -0.3 is 18.6 Å². The number of benzene rings is 3. The average molecular weight is 396 g/mol. The fourth-order valence-corrected chi connectivity index (χ4v) is 4.07. The summed E-state index contributed by atoms with van der Waals surface area (Å²) in [5, 5.41) is 1.95. The predicted octanol–water partition coefficient (Wildman–Crippen LogP) is 5.39. The molecule has 2 heterocycles. The third-order valence-electron chi connectivity index (χ3n) is 5.40. The van der Waals surface area contributed by atoms with E-state index < -0.39 is 5.79 Å². The van der Waals surface area contributed by atoms with Gasteiger partial charge in [0, 0.05) is 6.08 Å². The molecule has 0 saturated heterocycles. The number of carbonyl (C=O) groups excluding carboxylic acids is 1. The lowest BCUT2D eigenvalue weighted by molar-refractivity contribution is -0.0840.